The van der Waals surface area contributed by atoms with Gasteiger partial charge in [0, 0.05) is 25.7 Å². The highest BCUT2D eigenvalue weighted by atomic mass is 16.2. The van der Waals surface area contributed by atoms with Crippen molar-refractivity contribution in [1.82, 2.24) is 0 Å². The van der Waals surface area contributed by atoms with E-state index in [1.807, 2.05) is 31.3 Å². The highest BCUT2D eigenvalue weighted by molar-refractivity contribution is 5.92. The molecule has 0 aliphatic heterocycles. The molecule has 2 N–H and O–H groups in total. The van der Waals surface area contributed by atoms with Crippen molar-refractivity contribution in [3.05, 3.63) is 29.8 Å². The van der Waals surface area contributed by atoms with Gasteiger partial charge >= 0.3 is 0 Å². The molecule has 0 saturated heterocycles. The molecule has 0 bridgehead atoms. The molecular weight excluding hydrogens is 236 g/mol. The molecule has 0 heterocycles. The van der Waals surface area contributed by atoms with Gasteiger partial charge in [0.05, 0.1) is 0 Å². The van der Waals surface area contributed by atoms with Gasteiger partial charge in [0.1, 0.15) is 0 Å². The molecule has 1 rings (SSSR count). The summed E-state index contributed by atoms with van der Waals surface area (Å²) >= 11 is 0. The fraction of sp³-hybridized carbons (Fsp3) is 0.562. The summed E-state index contributed by atoms with van der Waals surface area (Å²) in [6, 6.07) is 7.82. The lowest BCUT2D eigenvalue weighted by atomic mass is 9.80. The summed E-state index contributed by atoms with van der Waals surface area (Å²) < 4.78 is 0. The second-order valence-corrected chi connectivity index (χ2v) is 6.29. The van der Waals surface area contributed by atoms with E-state index in [4.69, 9.17) is 5.73 Å². The first-order chi connectivity index (χ1) is 8.75. The van der Waals surface area contributed by atoms with E-state index in [2.05, 4.69) is 27.7 Å². The Morgan fingerprint density at radius 2 is 1.79 bits per heavy atom. The number of carbonyl (C=O) groups is 1. The molecule has 0 fully saturated rings. The molecular formula is C16H26N2O. The molecule has 1 aromatic carbocycles. The third kappa shape index (κ3) is 4.35. The SMILES string of the molecule is CC(CC(=O)N(C)c1ccc(CN)cc1)C(C)(C)C. The maximum Gasteiger partial charge on any atom is 0.227 e. The van der Waals surface area contributed by atoms with Crippen LogP contribution in [0.4, 0.5) is 5.69 Å². The Morgan fingerprint density at radius 3 is 2.21 bits per heavy atom. The molecule has 1 aromatic rings. The van der Waals surface area contributed by atoms with Crippen LogP contribution in [0.2, 0.25) is 0 Å². The van der Waals surface area contributed by atoms with Gasteiger partial charge in [-0.3, -0.25) is 4.79 Å². The number of anilines is 1. The third-order valence-electron chi connectivity index (χ3n) is 3.89. The van der Waals surface area contributed by atoms with E-state index in [1.54, 1.807) is 4.90 Å². The van der Waals surface area contributed by atoms with E-state index in [0.717, 1.165) is 11.3 Å². The molecule has 1 amide bonds. The minimum atomic E-state index is 0.153. The van der Waals surface area contributed by atoms with Crippen molar-refractivity contribution in [3.63, 3.8) is 0 Å². The minimum absolute atomic E-state index is 0.153. The third-order valence-corrected chi connectivity index (χ3v) is 3.89. The summed E-state index contributed by atoms with van der Waals surface area (Å²) in [6.45, 7) is 9.16. The van der Waals surface area contributed by atoms with Crippen molar-refractivity contribution in [1.29, 1.82) is 0 Å². The summed E-state index contributed by atoms with van der Waals surface area (Å²) in [5.74, 6) is 0.508. The maximum absolute atomic E-state index is 12.3. The average molecular weight is 262 g/mol. The Morgan fingerprint density at radius 1 is 1.26 bits per heavy atom. The van der Waals surface area contributed by atoms with Gasteiger partial charge in [-0.1, -0.05) is 39.8 Å². The van der Waals surface area contributed by atoms with Crippen LogP contribution in [0.25, 0.3) is 0 Å². The van der Waals surface area contributed by atoms with Crippen LogP contribution in [-0.2, 0) is 11.3 Å². The molecule has 0 spiro atoms. The highest BCUT2D eigenvalue weighted by Crippen LogP contribution is 2.29. The standard InChI is InChI=1S/C16H26N2O/c1-12(16(2,3)4)10-15(19)18(5)14-8-6-13(11-17)7-9-14/h6-9,12H,10-11,17H2,1-5H3. The van der Waals surface area contributed by atoms with E-state index in [-0.39, 0.29) is 11.3 Å². The monoisotopic (exact) mass is 262 g/mol. The topological polar surface area (TPSA) is 46.3 Å². The molecule has 1 atom stereocenters. The lowest BCUT2D eigenvalue weighted by Gasteiger charge is -2.28. The van der Waals surface area contributed by atoms with Gasteiger partial charge < -0.3 is 10.6 Å². The van der Waals surface area contributed by atoms with Crippen LogP contribution in [0.1, 0.15) is 39.7 Å². The molecule has 19 heavy (non-hydrogen) atoms. The largest absolute Gasteiger partial charge is 0.326 e. The second kappa shape index (κ2) is 6.20. The van der Waals surface area contributed by atoms with Gasteiger partial charge in [-0.2, -0.15) is 0 Å². The Labute approximate surface area is 116 Å². The molecule has 0 aromatic heterocycles. The molecule has 0 saturated carbocycles. The molecule has 0 radical (unpaired) electrons. The van der Waals surface area contributed by atoms with Crippen LogP contribution in [-0.4, -0.2) is 13.0 Å². The van der Waals surface area contributed by atoms with E-state index >= 15 is 0 Å². The fourth-order valence-corrected chi connectivity index (χ4v) is 1.70. The molecule has 106 valence electrons. The van der Waals surface area contributed by atoms with E-state index in [9.17, 15) is 4.79 Å². The molecule has 0 aliphatic carbocycles. The zero-order valence-electron chi connectivity index (χ0n) is 12.7. The van der Waals surface area contributed by atoms with Gasteiger partial charge in [-0.25, -0.2) is 0 Å². The quantitative estimate of drug-likeness (QED) is 0.906. The fourth-order valence-electron chi connectivity index (χ4n) is 1.70. The van der Waals surface area contributed by atoms with Crippen molar-refractivity contribution in [2.24, 2.45) is 17.1 Å². The van der Waals surface area contributed by atoms with E-state index in [1.165, 1.54) is 0 Å². The number of rotatable bonds is 4. The Hall–Kier alpha value is -1.35. The van der Waals surface area contributed by atoms with Crippen LogP contribution in [0, 0.1) is 11.3 Å². The van der Waals surface area contributed by atoms with E-state index < -0.39 is 0 Å². The molecule has 1 unspecified atom stereocenters. The number of amides is 1. The highest BCUT2D eigenvalue weighted by Gasteiger charge is 2.24. The van der Waals surface area contributed by atoms with Crippen LogP contribution in [0.3, 0.4) is 0 Å². The van der Waals surface area contributed by atoms with Crippen LogP contribution in [0.5, 0.6) is 0 Å². The summed E-state index contributed by atoms with van der Waals surface area (Å²) in [5.41, 5.74) is 7.72. The first-order valence-electron chi connectivity index (χ1n) is 6.81. The number of nitrogens with two attached hydrogens (primary N) is 1. The predicted octanol–water partition coefficient (Wildman–Crippen LogP) is 3.18. The zero-order chi connectivity index (χ0) is 14.6. The number of hydrogen-bond acceptors (Lipinski definition) is 2. The minimum Gasteiger partial charge on any atom is -0.326 e. The Balaban J connectivity index is 2.71. The van der Waals surface area contributed by atoms with Gasteiger partial charge in [0.15, 0.2) is 0 Å². The summed E-state index contributed by atoms with van der Waals surface area (Å²) in [5, 5.41) is 0. The van der Waals surface area contributed by atoms with Crippen molar-refractivity contribution in [3.8, 4) is 0 Å². The number of hydrogen-bond donors (Lipinski definition) is 1. The van der Waals surface area contributed by atoms with Gasteiger partial charge in [-0.15, -0.1) is 0 Å². The lowest BCUT2D eigenvalue weighted by Crippen LogP contribution is -2.31. The maximum atomic E-state index is 12.3. The molecule has 0 aliphatic rings. The van der Waals surface area contributed by atoms with Crippen LogP contribution >= 0.6 is 0 Å². The smallest absolute Gasteiger partial charge is 0.227 e. The normalized spacial score (nSPS) is 13.2. The summed E-state index contributed by atoms with van der Waals surface area (Å²) in [4.78, 5) is 14.0. The lowest BCUT2D eigenvalue weighted by molar-refractivity contribution is -0.119. The van der Waals surface area contributed by atoms with Crippen molar-refractivity contribution in [2.75, 3.05) is 11.9 Å². The summed E-state index contributed by atoms with van der Waals surface area (Å²) in [6.07, 6.45) is 0.568. The van der Waals surface area contributed by atoms with Crippen LogP contribution in [0.15, 0.2) is 24.3 Å². The van der Waals surface area contributed by atoms with Gasteiger partial charge in [0.2, 0.25) is 5.91 Å². The van der Waals surface area contributed by atoms with Crippen molar-refractivity contribution < 1.29 is 4.79 Å². The number of nitrogens with zero attached hydrogens (tertiary/aromatic N) is 1. The first-order valence-corrected chi connectivity index (χ1v) is 6.81. The van der Waals surface area contributed by atoms with Crippen LogP contribution < -0.4 is 10.6 Å². The number of benzene rings is 1. The average Bonchev–Trinajstić information content (AvgIpc) is 2.36. The first kappa shape index (κ1) is 15.7. The van der Waals surface area contributed by atoms with Crippen molar-refractivity contribution >= 4 is 11.6 Å². The summed E-state index contributed by atoms with van der Waals surface area (Å²) in [7, 11) is 1.83. The zero-order valence-corrected chi connectivity index (χ0v) is 12.7. The Kier molecular flexibility index (Phi) is 5.12. The Bertz CT molecular complexity index is 417. The molecule has 3 nitrogen and oxygen atoms in total. The van der Waals surface area contributed by atoms with Gasteiger partial charge in [-0.05, 0) is 29.0 Å². The second-order valence-electron chi connectivity index (χ2n) is 6.29. The number of carbonyl (C=O) groups excluding carboxylic acids is 1. The van der Waals surface area contributed by atoms with E-state index in [0.29, 0.717) is 18.9 Å². The predicted molar refractivity (Wildman–Crippen MR) is 81.0 cm³/mol. The molecule has 3 heteroatoms. The van der Waals surface area contributed by atoms with Gasteiger partial charge in [0.25, 0.3) is 0 Å². The van der Waals surface area contributed by atoms with Crippen molar-refractivity contribution in [2.45, 2.75) is 40.7 Å².